The van der Waals surface area contributed by atoms with Crippen LogP contribution in [0.5, 0.6) is 5.75 Å². The Morgan fingerprint density at radius 3 is 2.20 bits per heavy atom. The van der Waals surface area contributed by atoms with E-state index in [9.17, 15) is 0 Å². The molecule has 1 aromatic rings. The molecule has 112 valence electrons. The molecule has 0 aliphatic rings. The summed E-state index contributed by atoms with van der Waals surface area (Å²) in [4.78, 5) is 0. The average molecular weight is 280 g/mol. The first-order valence-electron chi connectivity index (χ1n) is 6.60. The highest BCUT2D eigenvalue weighted by Crippen LogP contribution is 2.24. The van der Waals surface area contributed by atoms with E-state index in [4.69, 9.17) is 20.4 Å². The lowest BCUT2D eigenvalue weighted by Gasteiger charge is -2.20. The number of nitrogens with two attached hydrogens (primary N) is 1. The van der Waals surface area contributed by atoms with Gasteiger partial charge in [-0.05, 0) is 57.9 Å². The van der Waals surface area contributed by atoms with Gasteiger partial charge in [0.1, 0.15) is 12.4 Å². The van der Waals surface area contributed by atoms with Crippen LogP contribution in [0.15, 0.2) is 17.3 Å². The Kier molecular flexibility index (Phi) is 5.39. The minimum Gasteiger partial charge on any atom is -0.491 e. The lowest BCUT2D eigenvalue weighted by Crippen LogP contribution is -2.22. The Balaban J connectivity index is 2.72. The van der Waals surface area contributed by atoms with Gasteiger partial charge in [-0.25, -0.2) is 0 Å². The second-order valence-corrected chi connectivity index (χ2v) is 5.73. The van der Waals surface area contributed by atoms with Gasteiger partial charge in [-0.15, -0.1) is 0 Å². The maximum absolute atomic E-state index is 8.70. The summed E-state index contributed by atoms with van der Waals surface area (Å²) in [6, 6.07) is 3.67. The summed E-state index contributed by atoms with van der Waals surface area (Å²) >= 11 is 0. The van der Waals surface area contributed by atoms with Crippen molar-refractivity contribution in [3.8, 4) is 5.75 Å². The molecule has 0 amide bonds. The van der Waals surface area contributed by atoms with Crippen LogP contribution >= 0.6 is 0 Å². The molecule has 0 aromatic heterocycles. The summed E-state index contributed by atoms with van der Waals surface area (Å²) < 4.78 is 11.4. The van der Waals surface area contributed by atoms with Gasteiger partial charge in [-0.2, -0.15) is 0 Å². The van der Waals surface area contributed by atoms with E-state index in [1.807, 2.05) is 46.8 Å². The maximum atomic E-state index is 8.70. The predicted octanol–water partition coefficient (Wildman–Crippen LogP) is 2.59. The number of amidine groups is 1. The molecule has 0 aliphatic heterocycles. The maximum Gasteiger partial charge on any atom is 0.170 e. The Labute approximate surface area is 120 Å². The van der Waals surface area contributed by atoms with Gasteiger partial charge < -0.3 is 20.4 Å². The highest BCUT2D eigenvalue weighted by atomic mass is 16.5. The van der Waals surface area contributed by atoms with E-state index in [1.54, 1.807) is 0 Å². The first kappa shape index (κ1) is 16.3. The Morgan fingerprint density at radius 2 is 1.75 bits per heavy atom. The Bertz CT molecular complexity index is 467. The van der Waals surface area contributed by atoms with Gasteiger partial charge in [0.2, 0.25) is 0 Å². The monoisotopic (exact) mass is 280 g/mol. The van der Waals surface area contributed by atoms with Crippen molar-refractivity contribution in [1.29, 1.82) is 0 Å². The summed E-state index contributed by atoms with van der Waals surface area (Å²) in [6.45, 7) is 10.9. The summed E-state index contributed by atoms with van der Waals surface area (Å²) in [5.74, 6) is 0.913. The zero-order valence-corrected chi connectivity index (χ0v) is 12.9. The molecule has 0 fully saturated rings. The van der Waals surface area contributed by atoms with E-state index in [1.165, 1.54) is 0 Å². The molecule has 0 atom stereocenters. The van der Waals surface area contributed by atoms with Gasteiger partial charge in [0.25, 0.3) is 0 Å². The van der Waals surface area contributed by atoms with E-state index in [0.29, 0.717) is 18.8 Å². The van der Waals surface area contributed by atoms with Crippen molar-refractivity contribution in [2.75, 3.05) is 13.2 Å². The van der Waals surface area contributed by atoms with Crippen molar-refractivity contribution < 1.29 is 14.7 Å². The van der Waals surface area contributed by atoms with E-state index in [2.05, 4.69) is 5.16 Å². The molecule has 0 aliphatic carbocycles. The normalized spacial score (nSPS) is 12.6. The number of hydrogen-bond donors (Lipinski definition) is 2. The van der Waals surface area contributed by atoms with Crippen LogP contribution in [0.25, 0.3) is 0 Å². The van der Waals surface area contributed by atoms with Crippen LogP contribution in [-0.4, -0.2) is 29.9 Å². The fraction of sp³-hybridized carbons (Fsp3) is 0.533. The highest BCUT2D eigenvalue weighted by molar-refractivity contribution is 5.97. The summed E-state index contributed by atoms with van der Waals surface area (Å²) in [5, 5.41) is 11.7. The number of aryl methyl sites for hydroxylation is 2. The first-order valence-corrected chi connectivity index (χ1v) is 6.60. The van der Waals surface area contributed by atoms with Crippen LogP contribution in [-0.2, 0) is 4.74 Å². The van der Waals surface area contributed by atoms with Crippen LogP contribution in [0.1, 0.15) is 37.5 Å². The molecule has 5 nitrogen and oxygen atoms in total. The fourth-order valence-corrected chi connectivity index (χ4v) is 1.88. The number of ether oxygens (including phenoxy) is 2. The molecular formula is C15H24N2O3. The second kappa shape index (κ2) is 6.61. The minimum absolute atomic E-state index is 0.0961. The fourth-order valence-electron chi connectivity index (χ4n) is 1.88. The van der Waals surface area contributed by atoms with Crippen molar-refractivity contribution in [2.24, 2.45) is 10.9 Å². The smallest absolute Gasteiger partial charge is 0.170 e. The molecule has 0 unspecified atom stereocenters. The molecule has 0 radical (unpaired) electrons. The molecule has 0 heterocycles. The zero-order chi connectivity index (χ0) is 15.3. The van der Waals surface area contributed by atoms with Crippen LogP contribution < -0.4 is 10.5 Å². The van der Waals surface area contributed by atoms with E-state index in [0.717, 1.165) is 16.9 Å². The average Bonchev–Trinajstić information content (AvgIpc) is 2.34. The number of hydrogen-bond acceptors (Lipinski definition) is 4. The predicted molar refractivity (Wildman–Crippen MR) is 79.6 cm³/mol. The Hall–Kier alpha value is -1.75. The van der Waals surface area contributed by atoms with E-state index in [-0.39, 0.29) is 11.4 Å². The van der Waals surface area contributed by atoms with Gasteiger partial charge in [0.05, 0.1) is 12.2 Å². The molecule has 20 heavy (non-hydrogen) atoms. The van der Waals surface area contributed by atoms with Crippen molar-refractivity contribution >= 4 is 5.84 Å². The van der Waals surface area contributed by atoms with Crippen molar-refractivity contribution in [3.05, 3.63) is 28.8 Å². The van der Waals surface area contributed by atoms with Gasteiger partial charge >= 0.3 is 0 Å². The number of oxime groups is 1. The van der Waals surface area contributed by atoms with Gasteiger partial charge in [0.15, 0.2) is 5.84 Å². The highest BCUT2D eigenvalue weighted by Gasteiger charge is 2.11. The molecule has 5 heteroatoms. The molecule has 0 bridgehead atoms. The summed E-state index contributed by atoms with van der Waals surface area (Å²) in [7, 11) is 0. The van der Waals surface area contributed by atoms with Crippen molar-refractivity contribution in [2.45, 2.75) is 40.2 Å². The summed E-state index contributed by atoms with van der Waals surface area (Å²) in [5.41, 5.74) is 8.00. The molecule has 3 N–H and O–H groups in total. The van der Waals surface area contributed by atoms with Gasteiger partial charge in [-0.1, -0.05) is 5.16 Å². The lowest BCUT2D eigenvalue weighted by atomic mass is 10.1. The van der Waals surface area contributed by atoms with Gasteiger partial charge in [-0.3, -0.25) is 0 Å². The van der Waals surface area contributed by atoms with Crippen LogP contribution in [0.4, 0.5) is 0 Å². The topological polar surface area (TPSA) is 77.1 Å². The third kappa shape index (κ3) is 4.74. The summed E-state index contributed by atoms with van der Waals surface area (Å²) in [6.07, 6.45) is 0. The standard InChI is InChI=1S/C15H24N2O3/c1-10-8-12(14(16)17-18)9-11(2)13(10)19-6-7-20-15(3,4)5/h8-9,18H,6-7H2,1-5H3,(H2,16,17). The lowest BCUT2D eigenvalue weighted by molar-refractivity contribution is -0.0164. The second-order valence-electron chi connectivity index (χ2n) is 5.73. The number of rotatable bonds is 5. The van der Waals surface area contributed by atoms with Crippen LogP contribution in [0.3, 0.4) is 0 Å². The SMILES string of the molecule is Cc1cc(/C(N)=N/O)cc(C)c1OCCOC(C)(C)C. The molecule has 1 rings (SSSR count). The molecule has 0 saturated heterocycles. The van der Waals surface area contributed by atoms with Gasteiger partial charge in [0, 0.05) is 5.56 Å². The quantitative estimate of drug-likeness (QED) is 0.286. The minimum atomic E-state index is -0.163. The first-order chi connectivity index (χ1) is 9.24. The van der Waals surface area contributed by atoms with E-state index < -0.39 is 0 Å². The zero-order valence-electron chi connectivity index (χ0n) is 12.9. The van der Waals surface area contributed by atoms with Crippen LogP contribution in [0, 0.1) is 13.8 Å². The van der Waals surface area contributed by atoms with E-state index >= 15 is 0 Å². The third-order valence-electron chi connectivity index (χ3n) is 2.73. The number of nitrogens with zero attached hydrogens (tertiary/aromatic N) is 1. The van der Waals surface area contributed by atoms with Crippen molar-refractivity contribution in [3.63, 3.8) is 0 Å². The molecule has 0 spiro atoms. The van der Waals surface area contributed by atoms with Crippen LogP contribution in [0.2, 0.25) is 0 Å². The third-order valence-corrected chi connectivity index (χ3v) is 2.73. The molecule has 0 saturated carbocycles. The number of benzene rings is 1. The molecule has 1 aromatic carbocycles. The largest absolute Gasteiger partial charge is 0.491 e. The Morgan fingerprint density at radius 1 is 1.20 bits per heavy atom. The molecular weight excluding hydrogens is 256 g/mol. The van der Waals surface area contributed by atoms with Crippen molar-refractivity contribution in [1.82, 2.24) is 0 Å².